The molecule has 0 radical (unpaired) electrons. The molecule has 0 aliphatic heterocycles. The van der Waals surface area contributed by atoms with Gasteiger partial charge >= 0.3 is 80.1 Å². The van der Waals surface area contributed by atoms with E-state index in [9.17, 15) is 0 Å². The van der Waals surface area contributed by atoms with Crippen LogP contribution in [0, 0.1) is 5.92 Å². The Hall–Kier alpha value is 0.194. The molecule has 0 spiro atoms. The van der Waals surface area contributed by atoms with E-state index >= 15 is 0 Å². The number of allylic oxidation sites excluding steroid dienone is 4. The first kappa shape index (κ1) is 7.82. The monoisotopic (exact) mass is 181 g/mol. The van der Waals surface area contributed by atoms with Crippen LogP contribution in [0.25, 0.3) is 0 Å². The van der Waals surface area contributed by atoms with Crippen molar-refractivity contribution in [2.24, 2.45) is 5.92 Å². The van der Waals surface area contributed by atoms with Crippen LogP contribution in [0.3, 0.4) is 0 Å². The molecule has 1 heteroatoms. The standard InChI is InChI=1S/C10H13.Ti/c1-2-6-9(5-1)10-7-3-4-8-10;/h1,5,10H,2-4,7-8H2;. The van der Waals surface area contributed by atoms with Crippen LogP contribution in [0.2, 0.25) is 0 Å². The fraction of sp³-hybridized carbons (Fsp3) is 0.600. The van der Waals surface area contributed by atoms with Crippen LogP contribution in [-0.2, 0) is 20.4 Å². The van der Waals surface area contributed by atoms with Crippen LogP contribution < -0.4 is 0 Å². The Morgan fingerprint density at radius 3 is 2.55 bits per heavy atom. The molecule has 0 aromatic heterocycles. The van der Waals surface area contributed by atoms with Crippen LogP contribution in [0.15, 0.2) is 21.6 Å². The van der Waals surface area contributed by atoms with Crippen molar-refractivity contribution >= 4 is 0 Å². The number of rotatable bonds is 1. The SMILES string of the molecule is [Ti][C]1=C(C2CCCC2)C=CC1. The van der Waals surface area contributed by atoms with Gasteiger partial charge in [-0.15, -0.1) is 0 Å². The van der Waals surface area contributed by atoms with E-state index in [-0.39, 0.29) is 0 Å². The Labute approximate surface area is 80.2 Å². The topological polar surface area (TPSA) is 0 Å². The van der Waals surface area contributed by atoms with Crippen molar-refractivity contribution in [1.82, 2.24) is 0 Å². The molecule has 11 heavy (non-hydrogen) atoms. The summed E-state index contributed by atoms with van der Waals surface area (Å²) in [5.74, 6) is 0.925. The average molecular weight is 181 g/mol. The summed E-state index contributed by atoms with van der Waals surface area (Å²) in [6.07, 6.45) is 11.7. The second kappa shape index (κ2) is 3.29. The first-order valence-electron chi connectivity index (χ1n) is 4.49. The molecule has 57 valence electrons. The molecule has 1 saturated carbocycles. The first-order valence-corrected chi connectivity index (χ1v) is 5.27. The Balaban J connectivity index is 2.13. The number of hydrogen-bond donors (Lipinski definition) is 0. The molecular weight excluding hydrogens is 168 g/mol. The molecule has 0 bridgehead atoms. The molecule has 0 aromatic carbocycles. The third kappa shape index (κ3) is 1.52. The van der Waals surface area contributed by atoms with Gasteiger partial charge in [0.1, 0.15) is 0 Å². The summed E-state index contributed by atoms with van der Waals surface area (Å²) in [4.78, 5) is 0. The van der Waals surface area contributed by atoms with Gasteiger partial charge in [0.25, 0.3) is 0 Å². The van der Waals surface area contributed by atoms with E-state index in [4.69, 9.17) is 0 Å². The Morgan fingerprint density at radius 1 is 1.27 bits per heavy atom. The Bertz CT molecular complexity index is 207. The summed E-state index contributed by atoms with van der Waals surface area (Å²) in [5.41, 5.74) is 1.67. The van der Waals surface area contributed by atoms with Gasteiger partial charge in [-0.3, -0.25) is 0 Å². The second-order valence-electron chi connectivity index (χ2n) is 3.52. The van der Waals surface area contributed by atoms with Crippen molar-refractivity contribution < 1.29 is 20.4 Å². The van der Waals surface area contributed by atoms with E-state index in [1.165, 1.54) is 32.1 Å². The maximum absolute atomic E-state index is 2.35. The van der Waals surface area contributed by atoms with Crippen molar-refractivity contribution in [1.29, 1.82) is 0 Å². The molecule has 2 rings (SSSR count). The van der Waals surface area contributed by atoms with Gasteiger partial charge in [-0.25, -0.2) is 0 Å². The van der Waals surface area contributed by atoms with E-state index in [2.05, 4.69) is 32.6 Å². The molecule has 0 unspecified atom stereocenters. The van der Waals surface area contributed by atoms with E-state index in [0.717, 1.165) is 5.92 Å². The van der Waals surface area contributed by atoms with Crippen LogP contribution >= 0.6 is 0 Å². The maximum atomic E-state index is 2.35. The molecule has 0 heterocycles. The van der Waals surface area contributed by atoms with E-state index in [1.54, 1.807) is 9.45 Å². The fourth-order valence-electron chi connectivity index (χ4n) is 2.14. The molecule has 0 nitrogen and oxygen atoms in total. The van der Waals surface area contributed by atoms with Crippen molar-refractivity contribution in [2.75, 3.05) is 0 Å². The summed E-state index contributed by atoms with van der Waals surface area (Å²) >= 11 is 2.29. The summed E-state index contributed by atoms with van der Waals surface area (Å²) in [6.45, 7) is 0. The van der Waals surface area contributed by atoms with Crippen molar-refractivity contribution in [3.8, 4) is 0 Å². The van der Waals surface area contributed by atoms with Crippen molar-refractivity contribution in [2.45, 2.75) is 32.1 Å². The molecule has 0 saturated heterocycles. The molecule has 0 atom stereocenters. The molecular formula is C10H13Ti. The molecule has 0 amide bonds. The molecule has 0 N–H and O–H groups in total. The zero-order valence-electron chi connectivity index (χ0n) is 6.77. The van der Waals surface area contributed by atoms with Gasteiger partial charge < -0.3 is 0 Å². The zero-order valence-corrected chi connectivity index (χ0v) is 8.33. The minimum atomic E-state index is 0.925. The third-order valence-corrected chi connectivity index (χ3v) is 3.53. The van der Waals surface area contributed by atoms with E-state index in [0.29, 0.717) is 0 Å². The van der Waals surface area contributed by atoms with Crippen LogP contribution in [0.1, 0.15) is 32.1 Å². The van der Waals surface area contributed by atoms with Gasteiger partial charge in [-0.05, 0) is 0 Å². The van der Waals surface area contributed by atoms with Crippen LogP contribution in [0.5, 0.6) is 0 Å². The predicted octanol–water partition coefficient (Wildman–Crippen LogP) is 2.94. The van der Waals surface area contributed by atoms with Crippen molar-refractivity contribution in [3.63, 3.8) is 0 Å². The summed E-state index contributed by atoms with van der Waals surface area (Å²) < 4.78 is 1.62. The Kier molecular flexibility index (Phi) is 2.34. The van der Waals surface area contributed by atoms with Gasteiger partial charge in [-0.1, -0.05) is 0 Å². The number of hydrogen-bond acceptors (Lipinski definition) is 0. The predicted molar refractivity (Wildman–Crippen MR) is 42.7 cm³/mol. The van der Waals surface area contributed by atoms with E-state index < -0.39 is 0 Å². The minimum absolute atomic E-state index is 0.925. The molecule has 0 aromatic rings. The average Bonchev–Trinajstić information content (AvgIpc) is 2.55. The van der Waals surface area contributed by atoms with Gasteiger partial charge in [-0.2, -0.15) is 0 Å². The summed E-state index contributed by atoms with van der Waals surface area (Å²) in [6, 6.07) is 0. The molecule has 2 aliphatic rings. The van der Waals surface area contributed by atoms with Gasteiger partial charge in [0.15, 0.2) is 0 Å². The zero-order chi connectivity index (χ0) is 7.68. The van der Waals surface area contributed by atoms with Crippen LogP contribution in [-0.4, -0.2) is 0 Å². The molecule has 1 fully saturated rings. The normalized spacial score (nSPS) is 25.4. The fourth-order valence-corrected chi connectivity index (χ4v) is 2.77. The van der Waals surface area contributed by atoms with Gasteiger partial charge in [0.2, 0.25) is 0 Å². The third-order valence-electron chi connectivity index (χ3n) is 2.76. The first-order chi connectivity index (χ1) is 5.38. The quantitative estimate of drug-likeness (QED) is 0.545. The summed E-state index contributed by atoms with van der Waals surface area (Å²) in [5, 5.41) is 0. The second-order valence-corrected chi connectivity index (χ2v) is 4.46. The van der Waals surface area contributed by atoms with Gasteiger partial charge in [0, 0.05) is 0 Å². The Morgan fingerprint density at radius 2 is 2.00 bits per heavy atom. The molecule has 2 aliphatic carbocycles. The van der Waals surface area contributed by atoms with Crippen LogP contribution in [0.4, 0.5) is 0 Å². The van der Waals surface area contributed by atoms with E-state index in [1.807, 2.05) is 0 Å². The van der Waals surface area contributed by atoms with Crippen molar-refractivity contribution in [3.05, 3.63) is 21.6 Å². The summed E-state index contributed by atoms with van der Waals surface area (Å²) in [7, 11) is 0. The van der Waals surface area contributed by atoms with Gasteiger partial charge in [0.05, 0.1) is 0 Å².